The standard InChI is InChI=1S/C26H32Br2N2O2S2/c1-16(2)29-12-6-8-17-14-21(27)33-23(17)19-10-11-20(30(19)25(31)32-26(3,4)5)24-18(9-7-13-29)15-22(28)34-24/h10-11,14-16H,6-9,12-13H2,1-5H3. The minimum absolute atomic E-state index is 0.327. The van der Waals surface area contributed by atoms with E-state index in [9.17, 15) is 4.79 Å². The Balaban J connectivity index is 1.88. The molecule has 4 rings (SSSR count). The van der Waals surface area contributed by atoms with Gasteiger partial charge < -0.3 is 9.64 Å². The Kier molecular flexibility index (Phi) is 8.14. The first-order valence-electron chi connectivity index (χ1n) is 11.8. The highest BCUT2D eigenvalue weighted by Crippen LogP contribution is 2.43. The number of nitrogens with zero attached hydrogens (tertiary/aromatic N) is 2. The van der Waals surface area contributed by atoms with Crippen LogP contribution in [0.3, 0.4) is 0 Å². The molecule has 0 fully saturated rings. The topological polar surface area (TPSA) is 34.5 Å². The number of halogens is 2. The van der Waals surface area contributed by atoms with E-state index in [1.807, 2.05) is 20.8 Å². The number of hydrogen-bond acceptors (Lipinski definition) is 5. The minimum atomic E-state index is -0.575. The van der Waals surface area contributed by atoms with Crippen LogP contribution in [0.2, 0.25) is 0 Å². The van der Waals surface area contributed by atoms with Crippen molar-refractivity contribution in [3.63, 3.8) is 0 Å². The highest BCUT2D eigenvalue weighted by Gasteiger charge is 2.27. The number of thiophene rings is 2. The average Bonchev–Trinajstić information content (AvgIpc) is 3.40. The SMILES string of the molecule is CC(C)N1CCCc2cc(Br)sc2-c2ccc(n2C(=O)OC(C)(C)C)-c2sc(Br)cc2CCC1. The van der Waals surface area contributed by atoms with E-state index in [1.54, 1.807) is 27.2 Å². The van der Waals surface area contributed by atoms with Gasteiger partial charge in [-0.1, -0.05) is 0 Å². The number of fused-ring (bicyclic) bond motifs is 6. The van der Waals surface area contributed by atoms with Crippen LogP contribution in [-0.2, 0) is 17.6 Å². The van der Waals surface area contributed by atoms with Crippen LogP contribution in [0.1, 0.15) is 58.6 Å². The summed E-state index contributed by atoms with van der Waals surface area (Å²) in [5, 5.41) is 0. The van der Waals surface area contributed by atoms with Gasteiger partial charge >= 0.3 is 6.09 Å². The molecule has 34 heavy (non-hydrogen) atoms. The fraction of sp³-hybridized carbons (Fsp3) is 0.500. The summed E-state index contributed by atoms with van der Waals surface area (Å²) in [6.45, 7) is 12.5. The molecule has 1 aliphatic rings. The van der Waals surface area contributed by atoms with Crippen molar-refractivity contribution < 1.29 is 9.53 Å². The van der Waals surface area contributed by atoms with Gasteiger partial charge in [-0.3, -0.25) is 0 Å². The Morgan fingerprint density at radius 1 is 0.941 bits per heavy atom. The summed E-state index contributed by atoms with van der Waals surface area (Å²) in [5.74, 6) is 0. The summed E-state index contributed by atoms with van der Waals surface area (Å²) >= 11 is 10.8. The normalized spacial score (nSPS) is 15.6. The fourth-order valence-corrected chi connectivity index (χ4v) is 7.89. The van der Waals surface area contributed by atoms with E-state index in [-0.39, 0.29) is 6.09 Å². The van der Waals surface area contributed by atoms with Gasteiger partial charge in [-0.2, -0.15) is 0 Å². The van der Waals surface area contributed by atoms with Gasteiger partial charge in [0, 0.05) is 6.04 Å². The monoisotopic (exact) mass is 626 g/mol. The molecule has 0 spiro atoms. The van der Waals surface area contributed by atoms with Gasteiger partial charge in [-0.05, 0) is 141 Å². The van der Waals surface area contributed by atoms with Crippen LogP contribution in [0.4, 0.5) is 4.79 Å². The molecule has 1 aliphatic heterocycles. The molecule has 4 heterocycles. The quantitative estimate of drug-likeness (QED) is 0.270. The molecule has 0 saturated heterocycles. The number of carbonyl (C=O) groups excluding carboxylic acids is 1. The predicted molar refractivity (Wildman–Crippen MR) is 151 cm³/mol. The molecule has 0 aromatic carbocycles. The number of aromatic nitrogens is 1. The molecule has 0 N–H and O–H groups in total. The van der Waals surface area contributed by atoms with Crippen LogP contribution < -0.4 is 0 Å². The molecule has 0 amide bonds. The second-order valence-corrected chi connectivity index (χ2v) is 14.9. The molecule has 4 nitrogen and oxygen atoms in total. The van der Waals surface area contributed by atoms with Crippen LogP contribution >= 0.6 is 54.5 Å². The zero-order valence-electron chi connectivity index (χ0n) is 20.4. The maximum absolute atomic E-state index is 13.6. The van der Waals surface area contributed by atoms with Crippen LogP contribution in [-0.4, -0.2) is 40.3 Å². The Morgan fingerprint density at radius 2 is 1.41 bits per heavy atom. The van der Waals surface area contributed by atoms with Gasteiger partial charge in [-0.25, -0.2) is 9.36 Å². The van der Waals surface area contributed by atoms with Crippen molar-refractivity contribution in [2.75, 3.05) is 13.1 Å². The zero-order chi connectivity index (χ0) is 24.6. The maximum Gasteiger partial charge on any atom is 0.419 e. The fourth-order valence-electron chi connectivity index (χ4n) is 4.46. The van der Waals surface area contributed by atoms with E-state index >= 15 is 0 Å². The van der Waals surface area contributed by atoms with E-state index in [0.29, 0.717) is 6.04 Å². The van der Waals surface area contributed by atoms with Crippen LogP contribution in [0.15, 0.2) is 31.8 Å². The number of ether oxygens (including phenoxy) is 1. The molecular formula is C26H32Br2N2O2S2. The third kappa shape index (κ3) is 5.89. The maximum atomic E-state index is 13.6. The van der Waals surface area contributed by atoms with Crippen LogP contribution in [0.25, 0.3) is 21.1 Å². The van der Waals surface area contributed by atoms with Gasteiger partial charge in [-0.15, -0.1) is 22.7 Å². The average molecular weight is 628 g/mol. The molecule has 3 aromatic heterocycles. The lowest BCUT2D eigenvalue weighted by Crippen LogP contribution is -2.33. The van der Waals surface area contributed by atoms with E-state index in [2.05, 4.69) is 74.9 Å². The molecule has 0 aliphatic carbocycles. The number of carbonyl (C=O) groups is 1. The highest BCUT2D eigenvalue weighted by molar-refractivity contribution is 9.11. The molecule has 0 radical (unpaired) electrons. The van der Waals surface area contributed by atoms with Crippen LogP contribution in [0.5, 0.6) is 0 Å². The first kappa shape index (κ1) is 26.1. The number of rotatable bonds is 1. The van der Waals surface area contributed by atoms with E-state index in [1.165, 1.54) is 11.1 Å². The Hall–Kier alpha value is -0.930. The predicted octanol–water partition coefficient (Wildman–Crippen LogP) is 8.84. The van der Waals surface area contributed by atoms with Gasteiger partial charge in [0.25, 0.3) is 0 Å². The molecule has 184 valence electrons. The second kappa shape index (κ2) is 10.6. The van der Waals surface area contributed by atoms with Crippen molar-refractivity contribution in [2.45, 2.75) is 71.9 Å². The molecule has 8 heteroatoms. The van der Waals surface area contributed by atoms with E-state index in [0.717, 1.165) is 67.5 Å². The molecule has 0 saturated carbocycles. The summed E-state index contributed by atoms with van der Waals surface area (Å²) in [4.78, 5) is 18.4. The summed E-state index contributed by atoms with van der Waals surface area (Å²) in [7, 11) is 0. The van der Waals surface area contributed by atoms with Gasteiger partial charge in [0.1, 0.15) is 5.60 Å². The lowest BCUT2D eigenvalue weighted by Gasteiger charge is -2.27. The van der Waals surface area contributed by atoms with Gasteiger partial charge in [0.2, 0.25) is 0 Å². The Morgan fingerprint density at radius 3 is 1.82 bits per heavy atom. The molecule has 0 atom stereocenters. The second-order valence-electron chi connectivity index (χ2n) is 10.1. The van der Waals surface area contributed by atoms with Crippen molar-refractivity contribution in [3.05, 3.63) is 43.0 Å². The summed E-state index contributed by atoms with van der Waals surface area (Å²) in [6, 6.07) is 9.12. The summed E-state index contributed by atoms with van der Waals surface area (Å²) in [6.07, 6.45) is 3.80. The smallest absolute Gasteiger partial charge is 0.419 e. The lowest BCUT2D eigenvalue weighted by atomic mass is 10.1. The van der Waals surface area contributed by atoms with Gasteiger partial charge in [0.15, 0.2) is 0 Å². The molecule has 2 bridgehead atoms. The highest BCUT2D eigenvalue weighted by atomic mass is 79.9. The van der Waals surface area contributed by atoms with Crippen molar-refractivity contribution in [1.82, 2.24) is 9.47 Å². The summed E-state index contributed by atoms with van der Waals surface area (Å²) in [5.41, 5.74) is 3.79. The Labute approximate surface area is 227 Å². The van der Waals surface area contributed by atoms with Crippen molar-refractivity contribution in [2.24, 2.45) is 0 Å². The molecular weight excluding hydrogens is 596 g/mol. The first-order chi connectivity index (χ1) is 16.0. The zero-order valence-corrected chi connectivity index (χ0v) is 25.2. The van der Waals surface area contributed by atoms with Gasteiger partial charge in [0.05, 0.1) is 28.7 Å². The molecule has 3 aromatic rings. The minimum Gasteiger partial charge on any atom is -0.443 e. The lowest BCUT2D eigenvalue weighted by molar-refractivity contribution is 0.0543. The van der Waals surface area contributed by atoms with E-state index in [4.69, 9.17) is 4.74 Å². The van der Waals surface area contributed by atoms with E-state index < -0.39 is 5.60 Å². The molecule has 0 unspecified atom stereocenters. The number of aryl methyl sites for hydroxylation is 2. The van der Waals surface area contributed by atoms with Crippen molar-refractivity contribution in [3.8, 4) is 21.1 Å². The third-order valence-electron chi connectivity index (χ3n) is 5.99. The Bertz CT molecular complexity index is 1100. The number of hydrogen-bond donors (Lipinski definition) is 0. The van der Waals surface area contributed by atoms with Crippen molar-refractivity contribution >= 4 is 60.6 Å². The van der Waals surface area contributed by atoms with Crippen molar-refractivity contribution in [1.29, 1.82) is 0 Å². The summed E-state index contributed by atoms with van der Waals surface area (Å²) < 4.78 is 9.86. The first-order valence-corrected chi connectivity index (χ1v) is 15.0. The largest absolute Gasteiger partial charge is 0.443 e. The van der Waals surface area contributed by atoms with Crippen LogP contribution in [0, 0.1) is 0 Å². The third-order valence-corrected chi connectivity index (χ3v) is 9.40.